The van der Waals surface area contributed by atoms with Crippen molar-refractivity contribution in [2.24, 2.45) is 11.5 Å². The maximum Gasteiger partial charge on any atom is 0.0178 e. The van der Waals surface area contributed by atoms with Crippen molar-refractivity contribution in [2.45, 2.75) is 13.1 Å². The fourth-order valence-electron chi connectivity index (χ4n) is 1.61. The largest absolute Gasteiger partial charge is 0.412 e. The second-order valence-electron chi connectivity index (χ2n) is 3.93. The molecule has 0 aromatic heterocycles. The standard InChI is InChI=1S/C14H17N2P.H2O/c15-9-11-1-5-13(6-2-11)17-14-7-3-12(10-16)4-8-14;/h1-8,17H,9-10,15-16H2;1H2. The molecule has 0 heterocycles. The van der Waals surface area contributed by atoms with Gasteiger partial charge >= 0.3 is 0 Å². The number of hydrogen-bond donors (Lipinski definition) is 2. The molecule has 0 aliphatic rings. The van der Waals surface area contributed by atoms with Crippen molar-refractivity contribution in [2.75, 3.05) is 0 Å². The van der Waals surface area contributed by atoms with Crippen LogP contribution in [0.3, 0.4) is 0 Å². The minimum atomic E-state index is 0. The van der Waals surface area contributed by atoms with E-state index in [2.05, 4.69) is 48.5 Å². The van der Waals surface area contributed by atoms with E-state index >= 15 is 0 Å². The molecule has 4 heteroatoms. The average Bonchev–Trinajstić information content (AvgIpc) is 2.40. The normalized spacial score (nSPS) is 9.89. The lowest BCUT2D eigenvalue weighted by atomic mass is 10.2. The Labute approximate surface area is 109 Å². The molecular formula is C14H19N2OP. The van der Waals surface area contributed by atoms with E-state index in [1.165, 1.54) is 21.7 Å². The third-order valence-electron chi connectivity index (χ3n) is 2.67. The first-order chi connectivity index (χ1) is 8.31. The lowest BCUT2D eigenvalue weighted by Gasteiger charge is -2.04. The van der Waals surface area contributed by atoms with Gasteiger partial charge in [0.2, 0.25) is 0 Å². The van der Waals surface area contributed by atoms with Crippen LogP contribution in [0.15, 0.2) is 48.5 Å². The minimum Gasteiger partial charge on any atom is -0.412 e. The number of benzene rings is 2. The van der Waals surface area contributed by atoms with Gasteiger partial charge in [0.25, 0.3) is 0 Å². The van der Waals surface area contributed by atoms with Gasteiger partial charge in [-0.2, -0.15) is 0 Å². The molecule has 0 spiro atoms. The van der Waals surface area contributed by atoms with Crippen LogP contribution >= 0.6 is 8.58 Å². The van der Waals surface area contributed by atoms with Crippen LogP contribution in [-0.4, -0.2) is 5.48 Å². The Hall–Kier alpha value is -1.25. The Balaban J connectivity index is 0.00000162. The van der Waals surface area contributed by atoms with E-state index in [0.717, 1.165) is 0 Å². The van der Waals surface area contributed by atoms with Gasteiger partial charge in [0.1, 0.15) is 0 Å². The lowest BCUT2D eigenvalue weighted by Crippen LogP contribution is -2.05. The van der Waals surface area contributed by atoms with Gasteiger partial charge in [0.05, 0.1) is 0 Å². The minimum absolute atomic E-state index is 0. The van der Waals surface area contributed by atoms with Gasteiger partial charge in [0, 0.05) is 13.1 Å². The van der Waals surface area contributed by atoms with Crippen LogP contribution < -0.4 is 22.1 Å². The Morgan fingerprint density at radius 1 is 0.667 bits per heavy atom. The molecule has 0 unspecified atom stereocenters. The first kappa shape index (κ1) is 14.8. The highest BCUT2D eigenvalue weighted by atomic mass is 31.1. The predicted octanol–water partition coefficient (Wildman–Crippen LogP) is 0.409. The molecule has 0 saturated heterocycles. The number of hydrogen-bond acceptors (Lipinski definition) is 2. The molecule has 2 aromatic rings. The summed E-state index contributed by atoms with van der Waals surface area (Å²) in [5, 5.41) is 2.67. The van der Waals surface area contributed by atoms with E-state index in [0.29, 0.717) is 21.7 Å². The quantitative estimate of drug-likeness (QED) is 0.782. The second kappa shape index (κ2) is 7.24. The summed E-state index contributed by atoms with van der Waals surface area (Å²) >= 11 is 0. The summed E-state index contributed by atoms with van der Waals surface area (Å²) in [6, 6.07) is 17.0. The SMILES string of the molecule is NCc1ccc(Pc2ccc(CN)cc2)cc1.O. The predicted molar refractivity (Wildman–Crippen MR) is 79.9 cm³/mol. The highest BCUT2D eigenvalue weighted by molar-refractivity contribution is 7.55. The Morgan fingerprint density at radius 3 is 1.28 bits per heavy atom. The second-order valence-corrected chi connectivity index (χ2v) is 5.33. The van der Waals surface area contributed by atoms with Crippen LogP contribution in [-0.2, 0) is 13.1 Å². The zero-order valence-electron chi connectivity index (χ0n) is 10.2. The number of rotatable bonds is 4. The van der Waals surface area contributed by atoms with Crippen molar-refractivity contribution in [3.63, 3.8) is 0 Å². The zero-order chi connectivity index (χ0) is 12.1. The third kappa shape index (κ3) is 3.90. The molecule has 18 heavy (non-hydrogen) atoms. The molecule has 0 aliphatic heterocycles. The van der Waals surface area contributed by atoms with Gasteiger partial charge in [-0.15, -0.1) is 0 Å². The Kier molecular flexibility index (Phi) is 5.96. The van der Waals surface area contributed by atoms with Gasteiger partial charge in [-0.05, 0) is 21.7 Å². The molecule has 3 nitrogen and oxygen atoms in total. The molecular weight excluding hydrogens is 243 g/mol. The summed E-state index contributed by atoms with van der Waals surface area (Å²) in [4.78, 5) is 0. The smallest absolute Gasteiger partial charge is 0.0178 e. The summed E-state index contributed by atoms with van der Waals surface area (Å²) in [6.07, 6.45) is 0. The fraction of sp³-hybridized carbons (Fsp3) is 0.143. The van der Waals surface area contributed by atoms with Crippen LogP contribution in [0.2, 0.25) is 0 Å². The van der Waals surface area contributed by atoms with Gasteiger partial charge in [0.15, 0.2) is 0 Å². The van der Waals surface area contributed by atoms with E-state index in [1.807, 2.05) is 0 Å². The van der Waals surface area contributed by atoms with Crippen LogP contribution in [0.5, 0.6) is 0 Å². The maximum absolute atomic E-state index is 5.57. The molecule has 0 atom stereocenters. The van der Waals surface area contributed by atoms with Gasteiger partial charge < -0.3 is 16.9 Å². The van der Waals surface area contributed by atoms with E-state index in [-0.39, 0.29) is 5.48 Å². The van der Waals surface area contributed by atoms with Crippen molar-refractivity contribution < 1.29 is 5.48 Å². The van der Waals surface area contributed by atoms with Crippen molar-refractivity contribution >= 4 is 19.2 Å². The molecule has 0 fully saturated rings. The van der Waals surface area contributed by atoms with E-state index < -0.39 is 0 Å². The zero-order valence-corrected chi connectivity index (χ0v) is 11.2. The van der Waals surface area contributed by atoms with E-state index in [1.54, 1.807) is 0 Å². The molecule has 0 saturated carbocycles. The van der Waals surface area contributed by atoms with Gasteiger partial charge in [-0.1, -0.05) is 57.1 Å². The summed E-state index contributed by atoms with van der Waals surface area (Å²) in [6.45, 7) is 1.21. The molecule has 0 aliphatic carbocycles. The summed E-state index contributed by atoms with van der Waals surface area (Å²) < 4.78 is 0. The first-order valence-electron chi connectivity index (χ1n) is 5.67. The van der Waals surface area contributed by atoms with Crippen LogP contribution in [0.25, 0.3) is 0 Å². The molecule has 0 amide bonds. The molecule has 2 aromatic carbocycles. The summed E-state index contributed by atoms with van der Waals surface area (Å²) in [5.41, 5.74) is 13.5. The highest BCUT2D eigenvalue weighted by Crippen LogP contribution is 2.11. The third-order valence-corrected chi connectivity index (χ3v) is 3.91. The van der Waals surface area contributed by atoms with E-state index in [9.17, 15) is 0 Å². The molecule has 0 radical (unpaired) electrons. The first-order valence-corrected chi connectivity index (χ1v) is 6.67. The highest BCUT2D eigenvalue weighted by Gasteiger charge is 1.97. The Bertz CT molecular complexity index is 423. The average molecular weight is 262 g/mol. The van der Waals surface area contributed by atoms with Crippen molar-refractivity contribution in [3.8, 4) is 0 Å². The van der Waals surface area contributed by atoms with Crippen LogP contribution in [0, 0.1) is 0 Å². The van der Waals surface area contributed by atoms with Crippen molar-refractivity contribution in [1.29, 1.82) is 0 Å². The van der Waals surface area contributed by atoms with Crippen LogP contribution in [0.4, 0.5) is 0 Å². The lowest BCUT2D eigenvalue weighted by molar-refractivity contribution is 0.824. The van der Waals surface area contributed by atoms with Gasteiger partial charge in [-0.25, -0.2) is 0 Å². The maximum atomic E-state index is 5.57. The molecule has 6 N–H and O–H groups in total. The van der Waals surface area contributed by atoms with Crippen LogP contribution in [0.1, 0.15) is 11.1 Å². The molecule has 96 valence electrons. The van der Waals surface area contributed by atoms with Crippen molar-refractivity contribution in [1.82, 2.24) is 0 Å². The fourth-order valence-corrected chi connectivity index (χ4v) is 2.61. The molecule has 2 rings (SSSR count). The monoisotopic (exact) mass is 262 g/mol. The summed E-state index contributed by atoms with van der Waals surface area (Å²) in [5.74, 6) is 0. The van der Waals surface area contributed by atoms with Crippen molar-refractivity contribution in [3.05, 3.63) is 59.7 Å². The van der Waals surface area contributed by atoms with E-state index in [4.69, 9.17) is 11.5 Å². The number of nitrogens with two attached hydrogens (primary N) is 2. The van der Waals surface area contributed by atoms with Gasteiger partial charge in [-0.3, -0.25) is 0 Å². The Morgan fingerprint density at radius 2 is 1.00 bits per heavy atom. The summed E-state index contributed by atoms with van der Waals surface area (Å²) in [7, 11) is 0.691. The topological polar surface area (TPSA) is 83.5 Å². The molecule has 0 bridgehead atoms.